The Bertz CT molecular complexity index is 548. The summed E-state index contributed by atoms with van der Waals surface area (Å²) in [6.45, 7) is 1.54. The van der Waals surface area contributed by atoms with E-state index in [1.54, 1.807) is 12.3 Å². The first-order valence-electron chi connectivity index (χ1n) is 4.69. The number of aromatic nitrogens is 1. The van der Waals surface area contributed by atoms with E-state index in [0.717, 1.165) is 10.4 Å². The number of anilines is 2. The first-order chi connectivity index (χ1) is 7.59. The molecule has 0 spiro atoms. The lowest BCUT2D eigenvalue weighted by Crippen LogP contribution is -1.97. The van der Waals surface area contributed by atoms with E-state index >= 15 is 0 Å². The van der Waals surface area contributed by atoms with Gasteiger partial charge in [-0.15, -0.1) is 11.3 Å². The summed E-state index contributed by atoms with van der Waals surface area (Å²) in [5, 5.41) is 0. The number of thiophene rings is 1. The van der Waals surface area contributed by atoms with Gasteiger partial charge in [0.25, 0.3) is 0 Å². The molecular weight excluding hydrogens is 222 g/mol. The maximum absolute atomic E-state index is 11.2. The van der Waals surface area contributed by atoms with Crippen molar-refractivity contribution in [2.24, 2.45) is 0 Å². The van der Waals surface area contributed by atoms with Gasteiger partial charge in [0.1, 0.15) is 0 Å². The van der Waals surface area contributed by atoms with Crippen LogP contribution in [-0.4, -0.2) is 10.8 Å². The molecule has 0 saturated heterocycles. The van der Waals surface area contributed by atoms with Gasteiger partial charge in [-0.25, -0.2) is 0 Å². The molecular formula is C11H11N3OS. The van der Waals surface area contributed by atoms with Crippen molar-refractivity contribution in [1.82, 2.24) is 4.98 Å². The average Bonchev–Trinajstić information content (AvgIpc) is 2.71. The third-order valence-electron chi connectivity index (χ3n) is 2.24. The summed E-state index contributed by atoms with van der Waals surface area (Å²) in [6, 6.07) is 3.64. The number of rotatable bonds is 2. The Balaban J connectivity index is 2.50. The first-order valence-corrected chi connectivity index (χ1v) is 5.51. The molecule has 0 saturated carbocycles. The highest BCUT2D eigenvalue weighted by molar-refractivity contribution is 7.17. The van der Waals surface area contributed by atoms with Crippen molar-refractivity contribution in [3.63, 3.8) is 0 Å². The summed E-state index contributed by atoms with van der Waals surface area (Å²) in [4.78, 5) is 16.8. The Labute approximate surface area is 96.9 Å². The van der Waals surface area contributed by atoms with Gasteiger partial charge in [-0.2, -0.15) is 0 Å². The van der Waals surface area contributed by atoms with E-state index in [1.807, 2.05) is 6.07 Å². The van der Waals surface area contributed by atoms with Crippen LogP contribution in [0, 0.1) is 0 Å². The Hall–Kier alpha value is -1.88. The maximum Gasteiger partial charge on any atom is 0.169 e. The van der Waals surface area contributed by atoms with Crippen molar-refractivity contribution in [3.8, 4) is 10.4 Å². The number of carbonyl (C=O) groups excluding carboxylic acids is 1. The van der Waals surface area contributed by atoms with Crippen molar-refractivity contribution in [2.45, 2.75) is 6.92 Å². The van der Waals surface area contributed by atoms with Crippen LogP contribution < -0.4 is 11.5 Å². The van der Waals surface area contributed by atoms with Crippen LogP contribution in [0.25, 0.3) is 10.4 Å². The molecule has 2 aromatic heterocycles. The average molecular weight is 233 g/mol. The quantitative estimate of drug-likeness (QED) is 0.779. The second kappa shape index (κ2) is 3.94. The van der Waals surface area contributed by atoms with Gasteiger partial charge in [0.2, 0.25) is 0 Å². The third kappa shape index (κ3) is 1.77. The minimum absolute atomic E-state index is 0.0479. The molecule has 82 valence electrons. The van der Waals surface area contributed by atoms with Gasteiger partial charge < -0.3 is 11.5 Å². The van der Waals surface area contributed by atoms with Crippen molar-refractivity contribution < 1.29 is 4.79 Å². The molecule has 0 unspecified atom stereocenters. The second-order valence-corrected chi connectivity index (χ2v) is 4.49. The number of Topliss-reactive ketones (excluding diaryl/α,β-unsaturated/α-hetero) is 1. The molecule has 0 aliphatic rings. The lowest BCUT2D eigenvalue weighted by molar-refractivity contribution is 0.102. The minimum Gasteiger partial charge on any atom is -0.396 e. The molecule has 4 nitrogen and oxygen atoms in total. The van der Waals surface area contributed by atoms with Gasteiger partial charge in [-0.05, 0) is 19.1 Å². The molecule has 16 heavy (non-hydrogen) atoms. The van der Waals surface area contributed by atoms with E-state index in [1.165, 1.54) is 24.5 Å². The smallest absolute Gasteiger partial charge is 0.169 e. The molecule has 4 N–H and O–H groups in total. The highest BCUT2D eigenvalue weighted by Gasteiger charge is 2.10. The number of pyridine rings is 1. The van der Waals surface area contributed by atoms with Gasteiger partial charge in [0, 0.05) is 16.6 Å². The van der Waals surface area contributed by atoms with Crippen molar-refractivity contribution in [1.29, 1.82) is 0 Å². The topological polar surface area (TPSA) is 82.0 Å². The Morgan fingerprint density at radius 2 is 2.06 bits per heavy atom. The molecule has 0 amide bonds. The van der Waals surface area contributed by atoms with Crippen LogP contribution >= 0.6 is 11.3 Å². The summed E-state index contributed by atoms with van der Waals surface area (Å²) in [5.41, 5.74) is 13.3. The standard InChI is InChI=1S/C11H11N3OS/c1-6(15)9-2-3-10(16-9)7-4-14-5-8(12)11(7)13/h2-5H,12H2,1H3,(H2,13,14). The monoisotopic (exact) mass is 233 g/mol. The van der Waals surface area contributed by atoms with Crippen LogP contribution in [0.4, 0.5) is 11.4 Å². The molecule has 0 fully saturated rings. The summed E-state index contributed by atoms with van der Waals surface area (Å²) in [5.74, 6) is 0.0479. The van der Waals surface area contributed by atoms with E-state index in [9.17, 15) is 4.79 Å². The minimum atomic E-state index is 0.0479. The van der Waals surface area contributed by atoms with E-state index in [0.29, 0.717) is 16.3 Å². The number of nitrogens with zero attached hydrogens (tertiary/aromatic N) is 1. The number of hydrogen-bond donors (Lipinski definition) is 2. The molecule has 0 radical (unpaired) electrons. The number of hydrogen-bond acceptors (Lipinski definition) is 5. The predicted octanol–water partition coefficient (Wildman–Crippen LogP) is 2.18. The number of nitrogen functional groups attached to an aromatic ring is 2. The lowest BCUT2D eigenvalue weighted by atomic mass is 10.2. The van der Waals surface area contributed by atoms with E-state index in [-0.39, 0.29) is 5.78 Å². The molecule has 0 aromatic carbocycles. The third-order valence-corrected chi connectivity index (χ3v) is 3.46. The van der Waals surface area contributed by atoms with E-state index < -0.39 is 0 Å². The first kappa shape index (κ1) is 10.6. The van der Waals surface area contributed by atoms with Gasteiger partial charge >= 0.3 is 0 Å². The van der Waals surface area contributed by atoms with Gasteiger partial charge in [-0.3, -0.25) is 9.78 Å². The van der Waals surface area contributed by atoms with Crippen molar-refractivity contribution >= 4 is 28.5 Å². The highest BCUT2D eigenvalue weighted by Crippen LogP contribution is 2.34. The van der Waals surface area contributed by atoms with Gasteiger partial charge in [-0.1, -0.05) is 0 Å². The fourth-order valence-corrected chi connectivity index (χ4v) is 2.28. The molecule has 0 atom stereocenters. The van der Waals surface area contributed by atoms with Crippen molar-refractivity contribution in [3.05, 3.63) is 29.4 Å². The Morgan fingerprint density at radius 1 is 1.31 bits per heavy atom. The maximum atomic E-state index is 11.2. The zero-order valence-corrected chi connectivity index (χ0v) is 9.54. The Kier molecular flexibility index (Phi) is 2.62. The molecule has 2 heterocycles. The normalized spacial score (nSPS) is 10.3. The summed E-state index contributed by atoms with van der Waals surface area (Å²) >= 11 is 1.39. The van der Waals surface area contributed by atoms with Crippen LogP contribution in [0.1, 0.15) is 16.6 Å². The van der Waals surface area contributed by atoms with Crippen LogP contribution in [0.15, 0.2) is 24.5 Å². The molecule has 2 aromatic rings. The largest absolute Gasteiger partial charge is 0.396 e. The molecule has 0 aliphatic carbocycles. The van der Waals surface area contributed by atoms with E-state index in [4.69, 9.17) is 11.5 Å². The molecule has 2 rings (SSSR count). The second-order valence-electron chi connectivity index (χ2n) is 3.41. The molecule has 0 bridgehead atoms. The van der Waals surface area contributed by atoms with Gasteiger partial charge in [0.05, 0.1) is 22.4 Å². The number of nitrogens with two attached hydrogens (primary N) is 2. The zero-order chi connectivity index (χ0) is 11.7. The SMILES string of the molecule is CC(=O)c1ccc(-c2cncc(N)c2N)s1. The lowest BCUT2D eigenvalue weighted by Gasteiger charge is -2.04. The summed E-state index contributed by atoms with van der Waals surface area (Å²) in [7, 11) is 0. The summed E-state index contributed by atoms with van der Waals surface area (Å²) in [6.07, 6.45) is 3.17. The fraction of sp³-hybridized carbons (Fsp3) is 0.0909. The van der Waals surface area contributed by atoms with Crippen LogP contribution in [0.3, 0.4) is 0 Å². The van der Waals surface area contributed by atoms with Crippen LogP contribution in [0.5, 0.6) is 0 Å². The van der Waals surface area contributed by atoms with Gasteiger partial charge in [0.15, 0.2) is 5.78 Å². The summed E-state index contributed by atoms with van der Waals surface area (Å²) < 4.78 is 0. The highest BCUT2D eigenvalue weighted by atomic mass is 32.1. The fourth-order valence-electron chi connectivity index (χ4n) is 1.35. The Morgan fingerprint density at radius 3 is 2.69 bits per heavy atom. The zero-order valence-electron chi connectivity index (χ0n) is 8.73. The molecule has 0 aliphatic heterocycles. The van der Waals surface area contributed by atoms with E-state index in [2.05, 4.69) is 4.98 Å². The van der Waals surface area contributed by atoms with Crippen LogP contribution in [0.2, 0.25) is 0 Å². The number of ketones is 1. The predicted molar refractivity (Wildman–Crippen MR) is 66.4 cm³/mol. The number of carbonyl (C=O) groups is 1. The molecule has 5 heteroatoms. The van der Waals surface area contributed by atoms with Crippen molar-refractivity contribution in [2.75, 3.05) is 11.5 Å². The van der Waals surface area contributed by atoms with Crippen LogP contribution in [-0.2, 0) is 0 Å².